The second-order valence-corrected chi connectivity index (χ2v) is 3.86. The molecule has 2 aromatic rings. The lowest BCUT2D eigenvalue weighted by Gasteiger charge is -2.00. The van der Waals surface area contributed by atoms with Crippen molar-refractivity contribution in [2.45, 2.75) is 0 Å². The van der Waals surface area contributed by atoms with E-state index in [0.717, 1.165) is 0 Å². The van der Waals surface area contributed by atoms with E-state index in [2.05, 4.69) is 20.7 Å². The molecule has 0 aliphatic carbocycles. The molecule has 1 aromatic heterocycles. The summed E-state index contributed by atoms with van der Waals surface area (Å²) in [7, 11) is 0. The maximum absolute atomic E-state index is 5.98. The highest BCUT2D eigenvalue weighted by atomic mass is 35.5. The fourth-order valence-corrected chi connectivity index (χ4v) is 1.46. The first kappa shape index (κ1) is 17.8. The van der Waals surface area contributed by atoms with Crippen molar-refractivity contribution in [1.82, 2.24) is 14.9 Å². The molecule has 104 valence electrons. The van der Waals surface area contributed by atoms with E-state index in [9.17, 15) is 0 Å². The van der Waals surface area contributed by atoms with Crippen molar-refractivity contribution >= 4 is 60.2 Å². The number of hydrogen-bond acceptors (Lipinski definition) is 5. The third-order valence-corrected chi connectivity index (χ3v) is 2.76. The second-order valence-electron chi connectivity index (χ2n) is 3.07. The SMILES string of the molecule is Cl.Cl.Nn1cnnc1NN=Cc1cccc(Cl)c1Cl. The van der Waals surface area contributed by atoms with E-state index < -0.39 is 0 Å². The molecule has 0 amide bonds. The first-order valence-corrected chi connectivity index (χ1v) is 5.32. The van der Waals surface area contributed by atoms with E-state index in [-0.39, 0.29) is 24.8 Å². The maximum atomic E-state index is 5.98. The zero-order chi connectivity index (χ0) is 12.3. The van der Waals surface area contributed by atoms with Gasteiger partial charge in [-0.1, -0.05) is 35.3 Å². The first-order valence-electron chi connectivity index (χ1n) is 4.56. The Hall–Kier alpha value is -1.21. The van der Waals surface area contributed by atoms with E-state index in [4.69, 9.17) is 29.0 Å². The molecular formula is C9H10Cl4N6. The molecule has 0 saturated carbocycles. The molecule has 0 aliphatic heterocycles. The Kier molecular flexibility index (Phi) is 7.55. The molecule has 0 unspecified atom stereocenters. The van der Waals surface area contributed by atoms with Crippen molar-refractivity contribution in [3.63, 3.8) is 0 Å². The predicted molar refractivity (Wildman–Crippen MR) is 82.3 cm³/mol. The smallest absolute Gasteiger partial charge is 0.263 e. The molecule has 0 spiro atoms. The van der Waals surface area contributed by atoms with Crippen LogP contribution in [-0.4, -0.2) is 21.1 Å². The molecule has 0 fully saturated rings. The van der Waals surface area contributed by atoms with E-state index >= 15 is 0 Å². The van der Waals surface area contributed by atoms with Gasteiger partial charge in [0.2, 0.25) is 0 Å². The minimum absolute atomic E-state index is 0. The normalized spacial score (nSPS) is 9.79. The highest BCUT2D eigenvalue weighted by Gasteiger charge is 2.01. The average Bonchev–Trinajstić information content (AvgIpc) is 2.71. The van der Waals surface area contributed by atoms with Crippen LogP contribution in [0.2, 0.25) is 10.0 Å². The summed E-state index contributed by atoms with van der Waals surface area (Å²) in [5.41, 5.74) is 3.31. The molecular weight excluding hydrogens is 334 g/mol. The summed E-state index contributed by atoms with van der Waals surface area (Å²) in [6.45, 7) is 0. The summed E-state index contributed by atoms with van der Waals surface area (Å²) in [4.78, 5) is 0. The van der Waals surface area contributed by atoms with Crippen molar-refractivity contribution in [3.8, 4) is 0 Å². The fraction of sp³-hybridized carbons (Fsp3) is 0. The Morgan fingerprint density at radius 2 is 2.05 bits per heavy atom. The minimum atomic E-state index is 0. The molecule has 2 rings (SSSR count). The van der Waals surface area contributed by atoms with Gasteiger partial charge in [0.25, 0.3) is 5.95 Å². The first-order chi connectivity index (χ1) is 8.18. The van der Waals surface area contributed by atoms with E-state index in [1.54, 1.807) is 18.2 Å². The number of nitrogens with two attached hydrogens (primary N) is 1. The average molecular weight is 344 g/mol. The van der Waals surface area contributed by atoms with Gasteiger partial charge in [-0.05, 0) is 6.07 Å². The predicted octanol–water partition coefficient (Wildman–Crippen LogP) is 2.59. The van der Waals surface area contributed by atoms with E-state index in [1.165, 1.54) is 17.2 Å². The van der Waals surface area contributed by atoms with Gasteiger partial charge in [-0.2, -0.15) is 5.10 Å². The number of nitrogen functional groups attached to an aromatic ring is 1. The van der Waals surface area contributed by atoms with Crippen LogP contribution in [-0.2, 0) is 0 Å². The van der Waals surface area contributed by atoms with Crippen LogP contribution in [0, 0.1) is 0 Å². The van der Waals surface area contributed by atoms with Crippen molar-refractivity contribution in [3.05, 3.63) is 40.1 Å². The third kappa shape index (κ3) is 4.43. The molecule has 0 atom stereocenters. The fourth-order valence-electron chi connectivity index (χ4n) is 1.10. The van der Waals surface area contributed by atoms with Crippen molar-refractivity contribution < 1.29 is 0 Å². The molecule has 0 radical (unpaired) electrons. The summed E-state index contributed by atoms with van der Waals surface area (Å²) in [5, 5.41) is 12.1. The number of aromatic nitrogens is 3. The number of benzene rings is 1. The van der Waals surface area contributed by atoms with Gasteiger partial charge < -0.3 is 5.84 Å². The quantitative estimate of drug-likeness (QED) is 0.510. The van der Waals surface area contributed by atoms with Gasteiger partial charge in [-0.3, -0.25) is 0 Å². The second kappa shape index (κ2) is 8.06. The summed E-state index contributed by atoms with van der Waals surface area (Å²) in [6, 6.07) is 5.26. The molecule has 6 nitrogen and oxygen atoms in total. The van der Waals surface area contributed by atoms with E-state index in [1.807, 2.05) is 0 Å². The Bertz CT molecular complexity index is 555. The van der Waals surface area contributed by atoms with Gasteiger partial charge in [0.15, 0.2) is 0 Å². The van der Waals surface area contributed by atoms with Crippen LogP contribution < -0.4 is 11.3 Å². The van der Waals surface area contributed by atoms with Crippen LogP contribution >= 0.6 is 48.0 Å². The Morgan fingerprint density at radius 1 is 1.32 bits per heavy atom. The number of rotatable bonds is 3. The molecule has 19 heavy (non-hydrogen) atoms. The van der Waals surface area contributed by atoms with Gasteiger partial charge in [0.05, 0.1) is 16.3 Å². The van der Waals surface area contributed by atoms with E-state index in [0.29, 0.717) is 21.6 Å². The lowest BCUT2D eigenvalue weighted by atomic mass is 10.2. The lowest BCUT2D eigenvalue weighted by Crippen LogP contribution is -2.10. The highest BCUT2D eigenvalue weighted by Crippen LogP contribution is 2.24. The summed E-state index contributed by atoms with van der Waals surface area (Å²) < 4.78 is 1.21. The largest absolute Gasteiger partial charge is 0.335 e. The summed E-state index contributed by atoms with van der Waals surface area (Å²) in [5.74, 6) is 5.80. The van der Waals surface area contributed by atoms with Gasteiger partial charge in [-0.25, -0.2) is 10.1 Å². The number of halogens is 4. The minimum Gasteiger partial charge on any atom is -0.335 e. The number of nitrogens with zero attached hydrogens (tertiary/aromatic N) is 4. The van der Waals surface area contributed by atoms with Gasteiger partial charge in [0, 0.05) is 5.56 Å². The Labute approximate surface area is 131 Å². The topological polar surface area (TPSA) is 81.1 Å². The number of anilines is 1. The molecule has 10 heteroatoms. The van der Waals surface area contributed by atoms with Gasteiger partial charge >= 0.3 is 0 Å². The Balaban J connectivity index is 0.00000162. The van der Waals surface area contributed by atoms with Crippen LogP contribution in [0.3, 0.4) is 0 Å². The lowest BCUT2D eigenvalue weighted by molar-refractivity contribution is 0.988. The molecule has 0 bridgehead atoms. The van der Waals surface area contributed by atoms with Gasteiger partial charge in [0.1, 0.15) is 6.33 Å². The summed E-state index contributed by atoms with van der Waals surface area (Å²) in [6.07, 6.45) is 2.87. The van der Waals surface area contributed by atoms with Crippen LogP contribution in [0.5, 0.6) is 0 Å². The standard InChI is InChI=1S/C9H8Cl2N6.2ClH/c10-7-3-1-2-6(8(7)11)4-13-15-9-16-14-5-17(9)12;;/h1-5H,12H2,(H,15,16);2*1H. The van der Waals surface area contributed by atoms with Crippen molar-refractivity contribution in [2.24, 2.45) is 5.10 Å². The Morgan fingerprint density at radius 3 is 2.68 bits per heavy atom. The van der Waals surface area contributed by atoms with Crippen molar-refractivity contribution in [2.75, 3.05) is 11.3 Å². The number of hydrazone groups is 1. The van der Waals surface area contributed by atoms with Crippen molar-refractivity contribution in [1.29, 1.82) is 0 Å². The zero-order valence-corrected chi connectivity index (χ0v) is 12.5. The van der Waals surface area contributed by atoms with Crippen LogP contribution in [0.15, 0.2) is 29.6 Å². The van der Waals surface area contributed by atoms with Crippen LogP contribution in [0.1, 0.15) is 5.56 Å². The molecule has 1 aromatic carbocycles. The maximum Gasteiger partial charge on any atom is 0.263 e. The third-order valence-electron chi connectivity index (χ3n) is 1.92. The van der Waals surface area contributed by atoms with Crippen LogP contribution in [0.4, 0.5) is 5.95 Å². The summed E-state index contributed by atoms with van der Waals surface area (Å²) >= 11 is 11.8. The number of hydrogen-bond donors (Lipinski definition) is 2. The molecule has 3 N–H and O–H groups in total. The molecule has 1 heterocycles. The van der Waals surface area contributed by atoms with Gasteiger partial charge in [-0.15, -0.1) is 35.0 Å². The molecule has 0 aliphatic rings. The molecule has 0 saturated heterocycles. The number of nitrogens with one attached hydrogen (secondary N) is 1. The van der Waals surface area contributed by atoms with Crippen LogP contribution in [0.25, 0.3) is 0 Å². The monoisotopic (exact) mass is 342 g/mol. The highest BCUT2D eigenvalue weighted by molar-refractivity contribution is 6.43. The zero-order valence-electron chi connectivity index (χ0n) is 9.33.